The average molecular weight is 492 g/mol. The summed E-state index contributed by atoms with van der Waals surface area (Å²) in [5.41, 5.74) is 0.558. The number of thioether (sulfide) groups is 1. The summed E-state index contributed by atoms with van der Waals surface area (Å²) in [6.07, 6.45) is 1.02. The van der Waals surface area contributed by atoms with Crippen LogP contribution in [0.25, 0.3) is 0 Å². The number of ether oxygens (including phenoxy) is 1. The molecule has 0 aliphatic carbocycles. The molecular weight excluding hydrogens is 470 g/mol. The van der Waals surface area contributed by atoms with Gasteiger partial charge in [-0.1, -0.05) is 0 Å². The molecule has 0 bridgehead atoms. The lowest BCUT2D eigenvalue weighted by Crippen LogP contribution is -2.38. The fourth-order valence-electron chi connectivity index (χ4n) is 2.83. The van der Waals surface area contributed by atoms with Crippen molar-refractivity contribution in [1.82, 2.24) is 4.31 Å². The highest BCUT2D eigenvalue weighted by Gasteiger charge is 2.31. The largest absolute Gasteiger partial charge is 0.494 e. The highest BCUT2D eigenvalue weighted by atomic mass is 32.2. The van der Waals surface area contributed by atoms with Crippen LogP contribution < -0.4 is 14.8 Å². The number of methoxy groups -OCH3 is 1. The fourth-order valence-corrected chi connectivity index (χ4v) is 7.27. The van der Waals surface area contributed by atoms with Crippen molar-refractivity contribution in [1.29, 1.82) is 0 Å². The number of hydrogen-bond donors (Lipinski definition) is 2. The summed E-state index contributed by atoms with van der Waals surface area (Å²) in [5, 5.41) is 4.22. The minimum absolute atomic E-state index is 0.0146. The third-order valence-electron chi connectivity index (χ3n) is 4.18. The first-order valence-corrected chi connectivity index (χ1v) is 14.1. The van der Waals surface area contributed by atoms with Crippen LogP contribution in [0, 0.1) is 0 Å². The molecule has 2 aromatic rings. The summed E-state index contributed by atoms with van der Waals surface area (Å²) in [5.74, 6) is 1.08. The molecule has 1 aliphatic rings. The SMILES string of the molecule is COc1cc(NC(=O)c2sccc2S(=O)(=O)N2CCSCC2)ccc1NS(C)(=O)=O. The first kappa shape index (κ1) is 22.9. The maximum Gasteiger partial charge on any atom is 0.267 e. The van der Waals surface area contributed by atoms with Gasteiger partial charge in [0.25, 0.3) is 5.91 Å². The first-order valence-electron chi connectivity index (χ1n) is 8.74. The topological polar surface area (TPSA) is 122 Å². The van der Waals surface area contributed by atoms with Gasteiger partial charge >= 0.3 is 0 Å². The number of thiophene rings is 1. The zero-order valence-corrected chi connectivity index (χ0v) is 19.5. The van der Waals surface area contributed by atoms with E-state index < -0.39 is 26.0 Å². The van der Waals surface area contributed by atoms with Crippen molar-refractivity contribution in [2.75, 3.05) is 48.0 Å². The molecule has 1 fully saturated rings. The molecule has 1 aromatic heterocycles. The lowest BCUT2D eigenvalue weighted by atomic mass is 10.2. The number of amides is 1. The van der Waals surface area contributed by atoms with E-state index >= 15 is 0 Å². The van der Waals surface area contributed by atoms with Gasteiger partial charge in [-0.2, -0.15) is 16.1 Å². The van der Waals surface area contributed by atoms with Crippen LogP contribution in [-0.2, 0) is 20.0 Å². The lowest BCUT2D eigenvalue weighted by molar-refractivity contribution is 0.102. The molecule has 0 atom stereocenters. The number of benzene rings is 1. The number of anilines is 2. The second-order valence-electron chi connectivity index (χ2n) is 6.37. The van der Waals surface area contributed by atoms with E-state index in [0.29, 0.717) is 18.8 Å². The zero-order chi connectivity index (χ0) is 21.9. The van der Waals surface area contributed by atoms with E-state index in [0.717, 1.165) is 29.1 Å². The van der Waals surface area contributed by atoms with Gasteiger partial charge in [0.2, 0.25) is 20.0 Å². The van der Waals surface area contributed by atoms with E-state index in [1.165, 1.54) is 35.7 Å². The number of rotatable bonds is 7. The lowest BCUT2D eigenvalue weighted by Gasteiger charge is -2.25. The van der Waals surface area contributed by atoms with Gasteiger partial charge in [0.05, 0.1) is 19.1 Å². The van der Waals surface area contributed by atoms with Crippen LogP contribution in [0.2, 0.25) is 0 Å². The van der Waals surface area contributed by atoms with Gasteiger partial charge < -0.3 is 10.1 Å². The predicted octanol–water partition coefficient (Wildman–Crippen LogP) is 2.12. The maximum absolute atomic E-state index is 13.0. The van der Waals surface area contributed by atoms with Crippen LogP contribution in [-0.4, -0.2) is 65.0 Å². The second kappa shape index (κ2) is 9.14. The Bertz CT molecular complexity index is 1140. The number of carbonyl (C=O) groups excluding carboxylic acids is 1. The molecule has 9 nitrogen and oxygen atoms in total. The van der Waals surface area contributed by atoms with E-state index in [-0.39, 0.29) is 21.2 Å². The summed E-state index contributed by atoms with van der Waals surface area (Å²) >= 11 is 2.74. The molecule has 30 heavy (non-hydrogen) atoms. The molecule has 1 aliphatic heterocycles. The van der Waals surface area contributed by atoms with Crippen molar-refractivity contribution in [3.05, 3.63) is 34.5 Å². The van der Waals surface area contributed by atoms with Crippen molar-refractivity contribution in [2.45, 2.75) is 4.90 Å². The first-order chi connectivity index (χ1) is 14.1. The van der Waals surface area contributed by atoms with Gasteiger partial charge in [-0.3, -0.25) is 9.52 Å². The molecular formula is C17H21N3O6S4. The number of sulfonamides is 2. The smallest absolute Gasteiger partial charge is 0.267 e. The van der Waals surface area contributed by atoms with Crippen LogP contribution in [0.4, 0.5) is 11.4 Å². The summed E-state index contributed by atoms with van der Waals surface area (Å²) < 4.78 is 57.7. The Hall–Kier alpha value is -1.80. The Labute approximate surface area is 183 Å². The van der Waals surface area contributed by atoms with E-state index in [2.05, 4.69) is 10.0 Å². The molecule has 0 saturated carbocycles. The average Bonchev–Trinajstić information content (AvgIpc) is 3.19. The summed E-state index contributed by atoms with van der Waals surface area (Å²) in [6.45, 7) is 0.825. The Balaban J connectivity index is 1.83. The summed E-state index contributed by atoms with van der Waals surface area (Å²) in [6, 6.07) is 5.84. The molecule has 2 heterocycles. The molecule has 13 heteroatoms. The Kier molecular flexibility index (Phi) is 6.97. The Morgan fingerprint density at radius 3 is 2.47 bits per heavy atom. The third kappa shape index (κ3) is 5.27. The molecule has 0 radical (unpaired) electrons. The minimum Gasteiger partial charge on any atom is -0.494 e. The number of carbonyl (C=O) groups is 1. The monoisotopic (exact) mass is 491 g/mol. The van der Waals surface area contributed by atoms with Crippen molar-refractivity contribution in [3.63, 3.8) is 0 Å². The van der Waals surface area contributed by atoms with Crippen molar-refractivity contribution in [3.8, 4) is 5.75 Å². The van der Waals surface area contributed by atoms with Crippen LogP contribution >= 0.6 is 23.1 Å². The number of nitrogens with zero attached hydrogens (tertiary/aromatic N) is 1. The number of hydrogen-bond acceptors (Lipinski definition) is 8. The quantitative estimate of drug-likeness (QED) is 0.608. The van der Waals surface area contributed by atoms with E-state index in [1.54, 1.807) is 17.1 Å². The zero-order valence-electron chi connectivity index (χ0n) is 16.2. The maximum atomic E-state index is 13.0. The molecule has 0 spiro atoms. The normalized spacial score (nSPS) is 15.5. The summed E-state index contributed by atoms with van der Waals surface area (Å²) in [4.78, 5) is 12.9. The number of nitrogens with one attached hydrogen (secondary N) is 2. The molecule has 3 rings (SSSR count). The van der Waals surface area contributed by atoms with Crippen molar-refractivity contribution < 1.29 is 26.4 Å². The van der Waals surface area contributed by atoms with Gasteiger partial charge in [0.1, 0.15) is 15.5 Å². The van der Waals surface area contributed by atoms with E-state index in [1.807, 2.05) is 0 Å². The van der Waals surface area contributed by atoms with Crippen molar-refractivity contribution >= 4 is 60.4 Å². The molecule has 2 N–H and O–H groups in total. The van der Waals surface area contributed by atoms with Gasteiger partial charge in [-0.15, -0.1) is 11.3 Å². The van der Waals surface area contributed by atoms with Gasteiger partial charge in [0.15, 0.2) is 0 Å². The second-order valence-corrected chi connectivity index (χ2v) is 12.2. The van der Waals surface area contributed by atoms with E-state index in [9.17, 15) is 21.6 Å². The Morgan fingerprint density at radius 1 is 1.13 bits per heavy atom. The highest BCUT2D eigenvalue weighted by Crippen LogP contribution is 2.31. The van der Waals surface area contributed by atoms with Gasteiger partial charge in [0, 0.05) is 36.3 Å². The fraction of sp³-hybridized carbons (Fsp3) is 0.353. The predicted molar refractivity (Wildman–Crippen MR) is 120 cm³/mol. The van der Waals surface area contributed by atoms with Crippen LogP contribution in [0.1, 0.15) is 9.67 Å². The molecule has 164 valence electrons. The molecule has 1 saturated heterocycles. The van der Waals surface area contributed by atoms with Crippen LogP contribution in [0.15, 0.2) is 34.5 Å². The van der Waals surface area contributed by atoms with E-state index in [4.69, 9.17) is 4.74 Å². The molecule has 0 unspecified atom stereocenters. The highest BCUT2D eigenvalue weighted by molar-refractivity contribution is 7.99. The van der Waals surface area contributed by atoms with Crippen molar-refractivity contribution in [2.24, 2.45) is 0 Å². The van der Waals surface area contributed by atoms with Gasteiger partial charge in [-0.25, -0.2) is 16.8 Å². The van der Waals surface area contributed by atoms with Crippen LogP contribution in [0.5, 0.6) is 5.75 Å². The Morgan fingerprint density at radius 2 is 1.83 bits per heavy atom. The standard InChI is InChI=1S/C17H21N3O6S4/c1-26-14-11-12(3-4-13(14)19-29(2,22)23)18-17(21)16-15(5-8-28-16)30(24,25)20-6-9-27-10-7-20/h3-5,8,11,19H,6-7,9-10H2,1-2H3,(H,18,21). The van der Waals surface area contributed by atoms with Gasteiger partial charge in [-0.05, 0) is 23.6 Å². The third-order valence-corrected chi connectivity index (χ3v) is 8.69. The molecule has 1 amide bonds. The molecule has 1 aromatic carbocycles. The van der Waals surface area contributed by atoms with Crippen LogP contribution in [0.3, 0.4) is 0 Å². The summed E-state index contributed by atoms with van der Waals surface area (Å²) in [7, 11) is -5.89. The minimum atomic E-state index is -3.76.